The van der Waals surface area contributed by atoms with Gasteiger partial charge >= 0.3 is 5.97 Å². The summed E-state index contributed by atoms with van der Waals surface area (Å²) >= 11 is 0. The second-order valence-corrected chi connectivity index (χ2v) is 1.96. The van der Waals surface area contributed by atoms with E-state index >= 15 is 0 Å². The van der Waals surface area contributed by atoms with Gasteiger partial charge in [0, 0.05) is 18.3 Å². The van der Waals surface area contributed by atoms with Crippen molar-refractivity contribution in [1.29, 1.82) is 5.26 Å². The van der Waals surface area contributed by atoms with Crippen molar-refractivity contribution in [3.63, 3.8) is 0 Å². The normalized spacial score (nSPS) is 7.92. The highest BCUT2D eigenvalue weighted by atomic mass is 16.4. The fourth-order valence-corrected chi connectivity index (χ4v) is 0.603. The van der Waals surface area contributed by atoms with Gasteiger partial charge in [-0.15, -0.1) is 0 Å². The third-order valence-electron chi connectivity index (χ3n) is 1.11. The van der Waals surface area contributed by atoms with Gasteiger partial charge in [-0.25, -0.2) is 14.8 Å². The van der Waals surface area contributed by atoms with Crippen LogP contribution in [-0.2, 0) is 0 Å². The van der Waals surface area contributed by atoms with Crippen LogP contribution in [0.2, 0.25) is 0 Å². The van der Waals surface area contributed by atoms with Gasteiger partial charge in [-0.2, -0.15) is 5.26 Å². The Labute approximate surface area is 73.7 Å². The Kier molecular flexibility index (Phi) is 2.57. The van der Waals surface area contributed by atoms with Gasteiger partial charge in [0.15, 0.2) is 6.07 Å². The van der Waals surface area contributed by atoms with Crippen LogP contribution in [0.1, 0.15) is 16.2 Å². The Bertz CT molecular complexity index is 419. The van der Waals surface area contributed by atoms with Crippen molar-refractivity contribution in [2.75, 3.05) is 0 Å². The first-order chi connectivity index (χ1) is 6.24. The van der Waals surface area contributed by atoms with Crippen LogP contribution in [0.5, 0.6) is 0 Å². The molecule has 0 spiro atoms. The summed E-state index contributed by atoms with van der Waals surface area (Å²) in [6.45, 7) is 0. The number of hydrogen-bond acceptors (Lipinski definition) is 4. The van der Waals surface area contributed by atoms with Crippen LogP contribution in [0.15, 0.2) is 12.4 Å². The Hall–Kier alpha value is -2.40. The zero-order chi connectivity index (χ0) is 9.68. The molecular formula is C8H3N3O2. The van der Waals surface area contributed by atoms with E-state index in [-0.39, 0.29) is 5.82 Å². The average Bonchev–Trinajstić information content (AvgIpc) is 2.15. The van der Waals surface area contributed by atoms with E-state index in [1.54, 1.807) is 6.07 Å². The summed E-state index contributed by atoms with van der Waals surface area (Å²) in [6, 6.07) is 1.62. The molecule has 0 amide bonds. The molecule has 5 heteroatoms. The lowest BCUT2D eigenvalue weighted by Crippen LogP contribution is -2.03. The number of hydrogen-bond donors (Lipinski definition) is 1. The predicted molar refractivity (Wildman–Crippen MR) is 41.5 cm³/mol. The molecule has 0 aliphatic carbocycles. The topological polar surface area (TPSA) is 86.9 Å². The van der Waals surface area contributed by atoms with E-state index in [2.05, 4.69) is 21.8 Å². The molecule has 0 saturated heterocycles. The molecule has 0 unspecified atom stereocenters. The molecule has 1 rings (SSSR count). The average molecular weight is 173 g/mol. The molecule has 0 atom stereocenters. The maximum absolute atomic E-state index is 10.3. The molecule has 1 aromatic rings. The Balaban J connectivity index is 2.95. The quantitative estimate of drug-likeness (QED) is 0.606. The van der Waals surface area contributed by atoms with Gasteiger partial charge in [-0.05, 0) is 5.92 Å². The van der Waals surface area contributed by atoms with Crippen molar-refractivity contribution < 1.29 is 9.90 Å². The van der Waals surface area contributed by atoms with Crippen LogP contribution in [0.25, 0.3) is 0 Å². The Morgan fingerprint density at radius 3 is 2.54 bits per heavy atom. The first kappa shape index (κ1) is 8.69. The van der Waals surface area contributed by atoms with Gasteiger partial charge in [0.25, 0.3) is 0 Å². The van der Waals surface area contributed by atoms with Gasteiger partial charge in [-0.3, -0.25) is 0 Å². The molecule has 0 aliphatic heterocycles. The molecule has 1 heterocycles. The number of aromatic nitrogens is 2. The van der Waals surface area contributed by atoms with E-state index in [1.165, 1.54) is 12.4 Å². The molecule has 0 bridgehead atoms. The standard InChI is InChI=1S/C8H3N3O2/c9-3-1-2-6-4-10-7(8(12)13)11-5-6/h4-5H,(H,12,13). The largest absolute Gasteiger partial charge is 0.475 e. The minimum atomic E-state index is -1.19. The highest BCUT2D eigenvalue weighted by Gasteiger charge is 2.03. The Morgan fingerprint density at radius 1 is 1.46 bits per heavy atom. The van der Waals surface area contributed by atoms with Crippen molar-refractivity contribution in [2.24, 2.45) is 0 Å². The van der Waals surface area contributed by atoms with Crippen LogP contribution in [0.3, 0.4) is 0 Å². The summed E-state index contributed by atoms with van der Waals surface area (Å²) in [5, 5.41) is 16.6. The summed E-state index contributed by atoms with van der Waals surface area (Å²) in [5.41, 5.74) is 0.409. The molecule has 0 aliphatic rings. The van der Waals surface area contributed by atoms with Crippen molar-refractivity contribution in [3.05, 3.63) is 23.8 Å². The summed E-state index contributed by atoms with van der Waals surface area (Å²) in [7, 11) is 0. The first-order valence-electron chi connectivity index (χ1n) is 3.19. The number of nitrogens with zero attached hydrogens (tertiary/aromatic N) is 3. The molecule has 62 valence electrons. The molecule has 1 aromatic heterocycles. The van der Waals surface area contributed by atoms with Crippen molar-refractivity contribution in [3.8, 4) is 17.9 Å². The van der Waals surface area contributed by atoms with E-state index in [0.717, 1.165) is 0 Å². The van der Waals surface area contributed by atoms with E-state index in [0.29, 0.717) is 5.56 Å². The van der Waals surface area contributed by atoms with Crippen molar-refractivity contribution in [2.45, 2.75) is 0 Å². The van der Waals surface area contributed by atoms with E-state index < -0.39 is 5.97 Å². The summed E-state index contributed by atoms with van der Waals surface area (Å²) in [5.74, 6) is 3.09. The van der Waals surface area contributed by atoms with Crippen LogP contribution < -0.4 is 0 Å². The second-order valence-electron chi connectivity index (χ2n) is 1.96. The fraction of sp³-hybridized carbons (Fsp3) is 0. The SMILES string of the molecule is N#CC#Cc1cnc(C(=O)O)nc1. The third kappa shape index (κ3) is 2.28. The van der Waals surface area contributed by atoms with Gasteiger partial charge in [0.05, 0.1) is 5.56 Å². The predicted octanol–water partition coefficient (Wildman–Crippen LogP) is 0.0499. The Morgan fingerprint density at radius 2 is 2.08 bits per heavy atom. The summed E-state index contributed by atoms with van der Waals surface area (Å²) < 4.78 is 0. The maximum Gasteiger partial charge on any atom is 0.373 e. The lowest BCUT2D eigenvalue weighted by Gasteiger charge is -1.90. The van der Waals surface area contributed by atoms with Gasteiger partial charge in [0.1, 0.15) is 0 Å². The molecule has 0 radical (unpaired) electrons. The summed E-state index contributed by atoms with van der Waals surface area (Å²) in [4.78, 5) is 17.3. The minimum absolute atomic E-state index is 0.289. The molecule has 0 aromatic carbocycles. The molecular weight excluding hydrogens is 170 g/mol. The molecule has 13 heavy (non-hydrogen) atoms. The molecule has 1 N–H and O–H groups in total. The van der Waals surface area contributed by atoms with Crippen LogP contribution >= 0.6 is 0 Å². The minimum Gasteiger partial charge on any atom is -0.475 e. The van der Waals surface area contributed by atoms with Gasteiger partial charge in [-0.1, -0.05) is 0 Å². The number of carbonyl (C=O) groups is 1. The molecule has 5 nitrogen and oxygen atoms in total. The third-order valence-corrected chi connectivity index (χ3v) is 1.11. The van der Waals surface area contributed by atoms with Gasteiger partial charge in [0.2, 0.25) is 5.82 Å². The number of carboxylic acids is 1. The monoisotopic (exact) mass is 173 g/mol. The number of nitriles is 1. The van der Waals surface area contributed by atoms with E-state index in [1.807, 2.05) is 0 Å². The van der Waals surface area contributed by atoms with Crippen molar-refractivity contribution in [1.82, 2.24) is 9.97 Å². The second kappa shape index (κ2) is 3.84. The van der Waals surface area contributed by atoms with E-state index in [4.69, 9.17) is 10.4 Å². The highest BCUT2D eigenvalue weighted by molar-refractivity contribution is 5.82. The maximum atomic E-state index is 10.3. The highest BCUT2D eigenvalue weighted by Crippen LogP contribution is 1.93. The van der Waals surface area contributed by atoms with Crippen molar-refractivity contribution >= 4 is 5.97 Å². The number of carboxylic acid groups (broad SMARTS) is 1. The van der Waals surface area contributed by atoms with Crippen LogP contribution in [0, 0.1) is 23.2 Å². The van der Waals surface area contributed by atoms with E-state index in [9.17, 15) is 4.79 Å². The summed E-state index contributed by atoms with van der Waals surface area (Å²) in [6.07, 6.45) is 2.50. The number of rotatable bonds is 1. The lowest BCUT2D eigenvalue weighted by atomic mass is 10.3. The zero-order valence-electron chi connectivity index (χ0n) is 6.35. The van der Waals surface area contributed by atoms with Crippen LogP contribution in [0.4, 0.5) is 0 Å². The zero-order valence-corrected chi connectivity index (χ0v) is 6.35. The lowest BCUT2D eigenvalue weighted by molar-refractivity contribution is 0.0683. The van der Waals surface area contributed by atoms with Gasteiger partial charge < -0.3 is 5.11 Å². The van der Waals surface area contributed by atoms with Crippen LogP contribution in [-0.4, -0.2) is 21.0 Å². The molecule has 0 saturated carbocycles. The number of aromatic carboxylic acids is 1. The fourth-order valence-electron chi connectivity index (χ4n) is 0.603. The molecule has 0 fully saturated rings. The first-order valence-corrected chi connectivity index (χ1v) is 3.19. The smallest absolute Gasteiger partial charge is 0.373 e.